The molecule has 3 N–H and O–H groups in total. The molecule has 1 aromatic carbocycles. The number of rotatable bonds is 4. The second-order valence-electron chi connectivity index (χ2n) is 5.30. The summed E-state index contributed by atoms with van der Waals surface area (Å²) in [5.41, 5.74) is 7.76. The molecule has 1 saturated heterocycles. The Labute approximate surface area is 125 Å². The molecule has 1 unspecified atom stereocenters. The van der Waals surface area contributed by atoms with Crippen LogP contribution in [0.4, 0.5) is 11.4 Å². The van der Waals surface area contributed by atoms with Gasteiger partial charge in [0.1, 0.15) is 0 Å². The lowest BCUT2D eigenvalue weighted by molar-refractivity contribution is 0.0956. The number of sulfone groups is 1. The Bertz CT molecular complexity index is 643. The first kappa shape index (κ1) is 15.6. The average molecular weight is 311 g/mol. The van der Waals surface area contributed by atoms with E-state index in [4.69, 9.17) is 5.73 Å². The second-order valence-corrected chi connectivity index (χ2v) is 7.53. The predicted molar refractivity (Wildman–Crippen MR) is 84.3 cm³/mol. The zero-order chi connectivity index (χ0) is 15.6. The molecule has 7 heteroatoms. The minimum atomic E-state index is -2.94. The fraction of sp³-hybridized carbons (Fsp3) is 0.500. The van der Waals surface area contributed by atoms with Crippen LogP contribution in [0, 0.1) is 0 Å². The van der Waals surface area contributed by atoms with Crippen molar-refractivity contribution < 1.29 is 13.2 Å². The molecule has 1 aromatic rings. The lowest BCUT2D eigenvalue weighted by Crippen LogP contribution is -2.33. The van der Waals surface area contributed by atoms with E-state index in [2.05, 4.69) is 5.32 Å². The number of hydrogen-bond acceptors (Lipinski definition) is 5. The molecule has 1 heterocycles. The van der Waals surface area contributed by atoms with Gasteiger partial charge in [-0.2, -0.15) is 0 Å². The summed E-state index contributed by atoms with van der Waals surface area (Å²) in [6.45, 7) is 2.41. The predicted octanol–water partition coefficient (Wildman–Crippen LogP) is 0.642. The molecule has 6 nitrogen and oxygen atoms in total. The van der Waals surface area contributed by atoms with Crippen molar-refractivity contribution in [1.82, 2.24) is 5.32 Å². The highest BCUT2D eigenvalue weighted by molar-refractivity contribution is 7.91. The van der Waals surface area contributed by atoms with Gasteiger partial charge in [-0.15, -0.1) is 0 Å². The summed E-state index contributed by atoms with van der Waals surface area (Å²) < 4.78 is 23.1. The van der Waals surface area contributed by atoms with Crippen molar-refractivity contribution in [3.05, 3.63) is 23.8 Å². The molecule has 0 bridgehead atoms. The highest BCUT2D eigenvalue weighted by Gasteiger charge is 2.31. The van der Waals surface area contributed by atoms with E-state index in [-0.39, 0.29) is 23.5 Å². The van der Waals surface area contributed by atoms with Crippen LogP contribution in [0.3, 0.4) is 0 Å². The molecule has 1 aliphatic heterocycles. The van der Waals surface area contributed by atoms with Crippen molar-refractivity contribution in [3.8, 4) is 0 Å². The molecule has 1 fully saturated rings. The molecule has 1 atom stereocenters. The Morgan fingerprint density at radius 2 is 2.19 bits per heavy atom. The topological polar surface area (TPSA) is 92.5 Å². The standard InChI is InChI=1S/C14H21N3O3S/c1-3-16-14(18)10-4-5-13(12(15)8-10)17(2)11-6-7-21(19,20)9-11/h4-5,8,11H,3,6-7,9,15H2,1-2H3,(H,16,18). The second kappa shape index (κ2) is 5.93. The zero-order valence-electron chi connectivity index (χ0n) is 12.3. The molecule has 1 amide bonds. The van der Waals surface area contributed by atoms with Crippen LogP contribution < -0.4 is 16.0 Å². The minimum absolute atomic E-state index is 0.0624. The van der Waals surface area contributed by atoms with Crippen LogP contribution in [0.2, 0.25) is 0 Å². The van der Waals surface area contributed by atoms with Gasteiger partial charge in [0, 0.05) is 25.2 Å². The van der Waals surface area contributed by atoms with Gasteiger partial charge in [0.05, 0.1) is 22.9 Å². The first-order chi connectivity index (χ1) is 9.84. The zero-order valence-corrected chi connectivity index (χ0v) is 13.1. The van der Waals surface area contributed by atoms with Gasteiger partial charge in [-0.3, -0.25) is 4.79 Å². The molecule has 0 saturated carbocycles. The summed E-state index contributed by atoms with van der Waals surface area (Å²) in [7, 11) is -1.10. The first-order valence-electron chi connectivity index (χ1n) is 6.95. The fourth-order valence-corrected chi connectivity index (χ4v) is 4.33. The van der Waals surface area contributed by atoms with Crippen LogP contribution in [-0.2, 0) is 9.84 Å². The molecule has 21 heavy (non-hydrogen) atoms. The van der Waals surface area contributed by atoms with E-state index < -0.39 is 9.84 Å². The van der Waals surface area contributed by atoms with E-state index in [0.717, 1.165) is 5.69 Å². The maximum atomic E-state index is 11.8. The number of nitrogens with two attached hydrogens (primary N) is 1. The lowest BCUT2D eigenvalue weighted by Gasteiger charge is -2.27. The molecule has 0 aromatic heterocycles. The number of amides is 1. The van der Waals surface area contributed by atoms with E-state index in [9.17, 15) is 13.2 Å². The number of carbonyl (C=O) groups excluding carboxylic acids is 1. The van der Waals surface area contributed by atoms with Gasteiger partial charge in [0.15, 0.2) is 9.84 Å². The summed E-state index contributed by atoms with van der Waals surface area (Å²) in [5, 5.41) is 2.72. The molecule has 0 radical (unpaired) electrons. The third-order valence-corrected chi connectivity index (χ3v) is 5.51. The van der Waals surface area contributed by atoms with Crippen LogP contribution in [0.15, 0.2) is 18.2 Å². The largest absolute Gasteiger partial charge is 0.397 e. The van der Waals surface area contributed by atoms with Gasteiger partial charge in [0.25, 0.3) is 5.91 Å². The number of carbonyl (C=O) groups is 1. The van der Waals surface area contributed by atoms with Crippen molar-refractivity contribution in [2.24, 2.45) is 0 Å². The summed E-state index contributed by atoms with van der Waals surface area (Å²) in [6, 6.07) is 5.04. The van der Waals surface area contributed by atoms with E-state index in [1.54, 1.807) is 18.2 Å². The molecular formula is C14H21N3O3S. The van der Waals surface area contributed by atoms with Gasteiger partial charge < -0.3 is 16.0 Å². The summed E-state index contributed by atoms with van der Waals surface area (Å²) in [5.74, 6) is 0.210. The Morgan fingerprint density at radius 1 is 1.48 bits per heavy atom. The molecule has 2 rings (SSSR count). The number of nitrogens with zero attached hydrogens (tertiary/aromatic N) is 1. The van der Waals surface area contributed by atoms with E-state index >= 15 is 0 Å². The van der Waals surface area contributed by atoms with Gasteiger partial charge >= 0.3 is 0 Å². The number of nitrogen functional groups attached to an aromatic ring is 1. The Hall–Kier alpha value is -1.76. The van der Waals surface area contributed by atoms with Crippen molar-refractivity contribution in [3.63, 3.8) is 0 Å². The quantitative estimate of drug-likeness (QED) is 0.796. The summed E-state index contributed by atoms with van der Waals surface area (Å²) in [4.78, 5) is 13.7. The Kier molecular flexibility index (Phi) is 4.41. The lowest BCUT2D eigenvalue weighted by atomic mass is 10.1. The third kappa shape index (κ3) is 3.47. The van der Waals surface area contributed by atoms with Crippen LogP contribution in [0.25, 0.3) is 0 Å². The normalized spacial score (nSPS) is 20.2. The van der Waals surface area contributed by atoms with Gasteiger partial charge in [-0.05, 0) is 31.5 Å². The van der Waals surface area contributed by atoms with Crippen molar-refractivity contribution in [2.75, 3.05) is 35.7 Å². The average Bonchev–Trinajstić information content (AvgIpc) is 2.78. The van der Waals surface area contributed by atoms with Crippen molar-refractivity contribution in [2.45, 2.75) is 19.4 Å². The van der Waals surface area contributed by atoms with Gasteiger partial charge in [0.2, 0.25) is 0 Å². The van der Waals surface area contributed by atoms with Crippen LogP contribution in [0.1, 0.15) is 23.7 Å². The number of anilines is 2. The fourth-order valence-electron chi connectivity index (χ4n) is 2.56. The van der Waals surface area contributed by atoms with Crippen LogP contribution in [0.5, 0.6) is 0 Å². The minimum Gasteiger partial charge on any atom is -0.397 e. The van der Waals surface area contributed by atoms with E-state index in [1.807, 2.05) is 18.9 Å². The van der Waals surface area contributed by atoms with Crippen LogP contribution >= 0.6 is 0 Å². The van der Waals surface area contributed by atoms with Gasteiger partial charge in [-0.25, -0.2) is 8.42 Å². The highest BCUT2D eigenvalue weighted by Crippen LogP contribution is 2.28. The summed E-state index contributed by atoms with van der Waals surface area (Å²) in [6.07, 6.45) is 0.607. The van der Waals surface area contributed by atoms with Crippen molar-refractivity contribution in [1.29, 1.82) is 0 Å². The SMILES string of the molecule is CCNC(=O)c1ccc(N(C)C2CCS(=O)(=O)C2)c(N)c1. The number of benzene rings is 1. The van der Waals surface area contributed by atoms with Crippen LogP contribution in [-0.4, -0.2) is 45.5 Å². The molecule has 116 valence electrons. The molecule has 1 aliphatic rings. The van der Waals surface area contributed by atoms with E-state index in [0.29, 0.717) is 24.2 Å². The van der Waals surface area contributed by atoms with Crippen molar-refractivity contribution >= 4 is 27.1 Å². The summed E-state index contributed by atoms with van der Waals surface area (Å²) >= 11 is 0. The Morgan fingerprint density at radius 3 is 2.71 bits per heavy atom. The van der Waals surface area contributed by atoms with E-state index in [1.165, 1.54) is 0 Å². The molecule has 0 spiro atoms. The molecule has 0 aliphatic carbocycles. The smallest absolute Gasteiger partial charge is 0.251 e. The number of nitrogens with one attached hydrogen (secondary N) is 1. The maximum absolute atomic E-state index is 11.8. The Balaban J connectivity index is 2.19. The monoisotopic (exact) mass is 311 g/mol. The molecular weight excluding hydrogens is 290 g/mol. The number of hydrogen-bond donors (Lipinski definition) is 2. The van der Waals surface area contributed by atoms with Gasteiger partial charge in [-0.1, -0.05) is 0 Å². The third-order valence-electron chi connectivity index (χ3n) is 3.76. The first-order valence-corrected chi connectivity index (χ1v) is 8.77. The maximum Gasteiger partial charge on any atom is 0.251 e. The highest BCUT2D eigenvalue weighted by atomic mass is 32.2.